The Morgan fingerprint density at radius 1 is 1.25 bits per heavy atom. The highest BCUT2D eigenvalue weighted by Gasteiger charge is 2.21. The first-order valence-electron chi connectivity index (χ1n) is 8.43. The highest BCUT2D eigenvalue weighted by Crippen LogP contribution is 2.20. The summed E-state index contributed by atoms with van der Waals surface area (Å²) in [6, 6.07) is 6.42. The minimum atomic E-state index is -0.424. The van der Waals surface area contributed by atoms with Crippen molar-refractivity contribution >= 4 is 17.7 Å². The van der Waals surface area contributed by atoms with Gasteiger partial charge in [-0.3, -0.25) is 0 Å². The number of benzene rings is 1. The molecule has 24 heavy (non-hydrogen) atoms. The number of carbonyl (C=O) groups is 2. The Bertz CT molecular complexity index is 566. The van der Waals surface area contributed by atoms with Crippen LogP contribution >= 0.6 is 0 Å². The number of carbonyl (C=O) groups excluding carboxylic acids is 2. The molecule has 2 atom stereocenters. The second-order valence-electron chi connectivity index (χ2n) is 6.66. The molecular weight excluding hydrogens is 306 g/mol. The van der Waals surface area contributed by atoms with Crippen molar-refractivity contribution < 1.29 is 14.3 Å². The molecule has 2 rings (SSSR count). The number of urea groups is 1. The fourth-order valence-corrected chi connectivity index (χ4v) is 3.32. The first kappa shape index (κ1) is 18.3. The summed E-state index contributed by atoms with van der Waals surface area (Å²) >= 11 is 0. The van der Waals surface area contributed by atoms with Gasteiger partial charge in [-0.05, 0) is 36.5 Å². The van der Waals surface area contributed by atoms with E-state index in [4.69, 9.17) is 0 Å². The van der Waals surface area contributed by atoms with Gasteiger partial charge in [0.05, 0.1) is 12.7 Å². The predicted octanol–water partition coefficient (Wildman–Crippen LogP) is 2.57. The molecule has 1 saturated heterocycles. The number of likely N-dealkylation sites (tertiary alicyclic amines) is 1. The van der Waals surface area contributed by atoms with Crippen molar-refractivity contribution in [1.82, 2.24) is 10.2 Å². The quantitative estimate of drug-likeness (QED) is 0.813. The van der Waals surface area contributed by atoms with Gasteiger partial charge in [0.1, 0.15) is 0 Å². The molecule has 0 bridgehead atoms. The van der Waals surface area contributed by atoms with Crippen molar-refractivity contribution in [3.63, 3.8) is 0 Å². The molecule has 2 N–H and O–H groups in total. The van der Waals surface area contributed by atoms with Crippen LogP contribution in [0.1, 0.15) is 30.6 Å². The van der Waals surface area contributed by atoms with E-state index in [1.165, 1.54) is 13.5 Å². The lowest BCUT2D eigenvalue weighted by atomic mass is 9.92. The van der Waals surface area contributed by atoms with Gasteiger partial charge in [-0.1, -0.05) is 19.9 Å². The molecule has 2 amide bonds. The van der Waals surface area contributed by atoms with Crippen molar-refractivity contribution in [2.75, 3.05) is 38.6 Å². The Morgan fingerprint density at radius 2 is 1.96 bits per heavy atom. The van der Waals surface area contributed by atoms with Crippen LogP contribution < -0.4 is 10.6 Å². The van der Waals surface area contributed by atoms with Gasteiger partial charge in [-0.2, -0.15) is 0 Å². The molecule has 1 aliphatic rings. The summed E-state index contributed by atoms with van der Waals surface area (Å²) in [5, 5.41) is 5.60. The minimum absolute atomic E-state index is 0.268. The second kappa shape index (κ2) is 8.68. The molecule has 0 aliphatic carbocycles. The van der Waals surface area contributed by atoms with Crippen LogP contribution in [-0.4, -0.2) is 50.2 Å². The molecule has 6 heteroatoms. The van der Waals surface area contributed by atoms with E-state index in [9.17, 15) is 9.59 Å². The molecule has 0 saturated carbocycles. The topological polar surface area (TPSA) is 70.7 Å². The summed E-state index contributed by atoms with van der Waals surface area (Å²) in [6.07, 6.45) is 1.28. The zero-order valence-corrected chi connectivity index (χ0v) is 14.7. The minimum Gasteiger partial charge on any atom is -0.465 e. The number of anilines is 1. The third-order valence-electron chi connectivity index (χ3n) is 4.20. The summed E-state index contributed by atoms with van der Waals surface area (Å²) in [6.45, 7) is 8.18. The number of methoxy groups -OCH3 is 1. The Balaban J connectivity index is 1.76. The molecule has 1 aromatic rings. The molecule has 1 heterocycles. The molecule has 0 unspecified atom stereocenters. The van der Waals surface area contributed by atoms with Crippen LogP contribution in [0.4, 0.5) is 10.5 Å². The highest BCUT2D eigenvalue weighted by atomic mass is 16.5. The van der Waals surface area contributed by atoms with E-state index in [-0.39, 0.29) is 6.03 Å². The Morgan fingerprint density at radius 3 is 2.62 bits per heavy atom. The molecule has 132 valence electrons. The fourth-order valence-electron chi connectivity index (χ4n) is 3.32. The van der Waals surface area contributed by atoms with Gasteiger partial charge in [0.25, 0.3) is 0 Å². The lowest BCUT2D eigenvalue weighted by Gasteiger charge is -2.34. The molecule has 1 aromatic carbocycles. The number of rotatable bonds is 5. The van der Waals surface area contributed by atoms with E-state index in [2.05, 4.69) is 34.1 Å². The van der Waals surface area contributed by atoms with Crippen molar-refractivity contribution in [1.29, 1.82) is 0 Å². The maximum atomic E-state index is 12.0. The smallest absolute Gasteiger partial charge is 0.337 e. The van der Waals surface area contributed by atoms with E-state index >= 15 is 0 Å². The molecule has 0 radical (unpaired) electrons. The van der Waals surface area contributed by atoms with Crippen molar-refractivity contribution in [3.8, 4) is 0 Å². The van der Waals surface area contributed by atoms with Crippen LogP contribution in [0.2, 0.25) is 0 Å². The van der Waals surface area contributed by atoms with Crippen molar-refractivity contribution in [2.24, 2.45) is 11.8 Å². The lowest BCUT2D eigenvalue weighted by molar-refractivity contribution is 0.0600. The maximum absolute atomic E-state index is 12.0. The first-order valence-corrected chi connectivity index (χ1v) is 8.43. The number of esters is 1. The van der Waals surface area contributed by atoms with E-state index in [1.807, 2.05) is 0 Å². The van der Waals surface area contributed by atoms with E-state index < -0.39 is 5.97 Å². The van der Waals surface area contributed by atoms with Crippen LogP contribution in [0.15, 0.2) is 24.3 Å². The van der Waals surface area contributed by atoms with Gasteiger partial charge in [0, 0.05) is 31.9 Å². The van der Waals surface area contributed by atoms with Gasteiger partial charge < -0.3 is 20.3 Å². The average molecular weight is 333 g/mol. The van der Waals surface area contributed by atoms with E-state index in [0.29, 0.717) is 29.6 Å². The molecule has 0 spiro atoms. The fraction of sp³-hybridized carbons (Fsp3) is 0.556. The van der Waals surface area contributed by atoms with Gasteiger partial charge in [0.2, 0.25) is 0 Å². The third-order valence-corrected chi connectivity index (χ3v) is 4.20. The normalized spacial score (nSPS) is 21.1. The van der Waals surface area contributed by atoms with Crippen LogP contribution in [-0.2, 0) is 4.74 Å². The van der Waals surface area contributed by atoms with Crippen molar-refractivity contribution in [3.05, 3.63) is 29.8 Å². The van der Waals surface area contributed by atoms with E-state index in [0.717, 1.165) is 19.6 Å². The zero-order chi connectivity index (χ0) is 17.5. The van der Waals surface area contributed by atoms with Gasteiger partial charge >= 0.3 is 12.0 Å². The number of nitrogens with one attached hydrogen (secondary N) is 2. The molecule has 1 aliphatic heterocycles. The molecular formula is C18H27N3O3. The number of amides is 2. The number of ether oxygens (including phenoxy) is 1. The SMILES string of the molecule is COC(=O)c1cccc(NC(=O)NCCN2C[C@@H](C)C[C@H](C)C2)c1. The summed E-state index contributed by atoms with van der Waals surface area (Å²) in [5.74, 6) is 1.000. The number of nitrogens with zero attached hydrogens (tertiary/aromatic N) is 1. The summed E-state index contributed by atoms with van der Waals surface area (Å²) in [4.78, 5) is 25.9. The van der Waals surface area contributed by atoms with Crippen LogP contribution in [0.25, 0.3) is 0 Å². The average Bonchev–Trinajstić information content (AvgIpc) is 2.53. The lowest BCUT2D eigenvalue weighted by Crippen LogP contribution is -2.43. The number of hydrogen-bond donors (Lipinski definition) is 2. The predicted molar refractivity (Wildman–Crippen MR) is 94.2 cm³/mol. The largest absolute Gasteiger partial charge is 0.465 e. The molecule has 6 nitrogen and oxygen atoms in total. The maximum Gasteiger partial charge on any atom is 0.337 e. The monoisotopic (exact) mass is 333 g/mol. The van der Waals surface area contributed by atoms with Gasteiger partial charge in [0.15, 0.2) is 0 Å². The Labute approximate surface area is 143 Å². The second-order valence-corrected chi connectivity index (χ2v) is 6.66. The first-order chi connectivity index (χ1) is 11.5. The number of piperidine rings is 1. The van der Waals surface area contributed by atoms with Crippen LogP contribution in [0.5, 0.6) is 0 Å². The Hall–Kier alpha value is -2.08. The van der Waals surface area contributed by atoms with Gasteiger partial charge in [-0.25, -0.2) is 9.59 Å². The zero-order valence-electron chi connectivity index (χ0n) is 14.7. The van der Waals surface area contributed by atoms with Crippen LogP contribution in [0, 0.1) is 11.8 Å². The standard InChI is InChI=1S/C18H27N3O3/c1-13-9-14(2)12-21(11-13)8-7-19-18(23)20-16-6-4-5-15(10-16)17(22)24-3/h4-6,10,13-14H,7-9,11-12H2,1-3H3,(H2,19,20,23)/t13-,14-/m0/s1. The molecule has 1 fully saturated rings. The summed E-state index contributed by atoms with van der Waals surface area (Å²) in [7, 11) is 1.33. The van der Waals surface area contributed by atoms with E-state index in [1.54, 1.807) is 24.3 Å². The number of hydrogen-bond acceptors (Lipinski definition) is 4. The Kier molecular flexibility index (Phi) is 6.61. The van der Waals surface area contributed by atoms with Gasteiger partial charge in [-0.15, -0.1) is 0 Å². The summed E-state index contributed by atoms with van der Waals surface area (Å²) < 4.78 is 4.67. The van der Waals surface area contributed by atoms with Crippen LogP contribution in [0.3, 0.4) is 0 Å². The van der Waals surface area contributed by atoms with Crippen molar-refractivity contribution in [2.45, 2.75) is 20.3 Å². The summed E-state index contributed by atoms with van der Waals surface area (Å²) in [5.41, 5.74) is 0.974. The third kappa shape index (κ3) is 5.53. The molecule has 0 aromatic heterocycles. The highest BCUT2D eigenvalue weighted by molar-refractivity contribution is 5.93.